The lowest BCUT2D eigenvalue weighted by Crippen LogP contribution is -2.52. The van der Waals surface area contributed by atoms with Crippen molar-refractivity contribution in [2.45, 2.75) is 11.1 Å². The standard InChI is InChI=1S/C19H26FN5O2S2/c1-2-21-19(22-9-10-23-29(26,27)18-8-5-15-28-18)25-13-11-24(12-14-25)17-7-4-3-6-16(17)20/h3-8,15,23H,2,9-14H2,1H3,(H,21,22). The molecule has 1 aromatic heterocycles. The second-order valence-electron chi connectivity index (χ2n) is 6.49. The van der Waals surface area contributed by atoms with Crippen LogP contribution in [-0.4, -0.2) is 65.1 Å². The van der Waals surface area contributed by atoms with Crippen LogP contribution in [0.3, 0.4) is 0 Å². The minimum atomic E-state index is -3.47. The van der Waals surface area contributed by atoms with E-state index in [2.05, 4.69) is 19.9 Å². The molecule has 2 N–H and O–H groups in total. The number of rotatable bonds is 7. The molecule has 1 fully saturated rings. The molecular weight excluding hydrogens is 413 g/mol. The van der Waals surface area contributed by atoms with Gasteiger partial charge in [0.1, 0.15) is 10.0 Å². The predicted octanol–water partition coefficient (Wildman–Crippen LogP) is 1.95. The SMILES string of the molecule is CCNC(=NCCNS(=O)(=O)c1cccs1)N1CCN(c2ccccc2F)CC1. The number of nitrogens with zero attached hydrogens (tertiary/aromatic N) is 3. The Kier molecular flexibility index (Phi) is 7.45. The normalized spacial score (nSPS) is 15.6. The van der Waals surface area contributed by atoms with Gasteiger partial charge in [-0.2, -0.15) is 0 Å². The van der Waals surface area contributed by atoms with Gasteiger partial charge in [0.25, 0.3) is 0 Å². The lowest BCUT2D eigenvalue weighted by Gasteiger charge is -2.37. The van der Waals surface area contributed by atoms with Crippen LogP contribution in [0, 0.1) is 5.82 Å². The molecule has 0 atom stereocenters. The van der Waals surface area contributed by atoms with E-state index in [1.807, 2.05) is 17.9 Å². The summed E-state index contributed by atoms with van der Waals surface area (Å²) >= 11 is 1.19. The predicted molar refractivity (Wildman–Crippen MR) is 116 cm³/mol. The Labute approximate surface area is 175 Å². The molecule has 0 aliphatic carbocycles. The van der Waals surface area contributed by atoms with E-state index in [0.29, 0.717) is 49.2 Å². The first-order valence-corrected chi connectivity index (χ1v) is 11.9. The van der Waals surface area contributed by atoms with Crippen LogP contribution in [0.15, 0.2) is 51.0 Å². The van der Waals surface area contributed by atoms with Crippen molar-refractivity contribution >= 4 is 33.0 Å². The molecule has 1 aromatic carbocycles. The Morgan fingerprint density at radius 1 is 1.17 bits per heavy atom. The van der Waals surface area contributed by atoms with Crippen LogP contribution in [0.5, 0.6) is 0 Å². The fourth-order valence-electron chi connectivity index (χ4n) is 3.12. The number of benzene rings is 1. The van der Waals surface area contributed by atoms with E-state index >= 15 is 0 Å². The number of para-hydroxylation sites is 1. The number of sulfonamides is 1. The highest BCUT2D eigenvalue weighted by Crippen LogP contribution is 2.20. The number of hydrogen-bond acceptors (Lipinski definition) is 5. The molecule has 0 saturated carbocycles. The van der Waals surface area contributed by atoms with E-state index in [-0.39, 0.29) is 12.4 Å². The van der Waals surface area contributed by atoms with Gasteiger partial charge in [-0.1, -0.05) is 18.2 Å². The maximum absolute atomic E-state index is 14.0. The van der Waals surface area contributed by atoms with Crippen LogP contribution >= 0.6 is 11.3 Å². The van der Waals surface area contributed by atoms with E-state index in [9.17, 15) is 12.8 Å². The summed E-state index contributed by atoms with van der Waals surface area (Å²) in [6.07, 6.45) is 0. The van der Waals surface area contributed by atoms with Crippen molar-refractivity contribution in [3.05, 3.63) is 47.6 Å². The third-order valence-electron chi connectivity index (χ3n) is 4.53. The second-order valence-corrected chi connectivity index (χ2v) is 9.43. The van der Waals surface area contributed by atoms with Gasteiger partial charge < -0.3 is 15.1 Å². The summed E-state index contributed by atoms with van der Waals surface area (Å²) in [6.45, 7) is 6.07. The number of guanidine groups is 1. The average Bonchev–Trinajstić information content (AvgIpc) is 3.27. The van der Waals surface area contributed by atoms with Gasteiger partial charge in [-0.3, -0.25) is 4.99 Å². The minimum Gasteiger partial charge on any atom is -0.366 e. The van der Waals surface area contributed by atoms with Gasteiger partial charge in [0.15, 0.2) is 5.96 Å². The molecule has 2 aromatic rings. The Morgan fingerprint density at radius 2 is 1.93 bits per heavy atom. The Balaban J connectivity index is 1.54. The lowest BCUT2D eigenvalue weighted by atomic mass is 10.2. The number of aliphatic imine (C=N–C) groups is 1. The van der Waals surface area contributed by atoms with Crippen LogP contribution < -0.4 is 14.9 Å². The number of hydrogen-bond donors (Lipinski definition) is 2. The first-order valence-electron chi connectivity index (χ1n) is 9.57. The maximum atomic E-state index is 14.0. The number of piperazine rings is 1. The highest BCUT2D eigenvalue weighted by molar-refractivity contribution is 7.91. The van der Waals surface area contributed by atoms with Crippen LogP contribution in [0.25, 0.3) is 0 Å². The van der Waals surface area contributed by atoms with E-state index in [1.165, 1.54) is 17.4 Å². The van der Waals surface area contributed by atoms with Gasteiger partial charge >= 0.3 is 0 Å². The number of nitrogens with one attached hydrogen (secondary N) is 2. The molecule has 158 valence electrons. The molecule has 3 rings (SSSR count). The zero-order valence-electron chi connectivity index (χ0n) is 16.3. The van der Waals surface area contributed by atoms with Crippen molar-refractivity contribution in [1.29, 1.82) is 0 Å². The van der Waals surface area contributed by atoms with Gasteiger partial charge in [0.05, 0.1) is 12.2 Å². The summed E-state index contributed by atoms with van der Waals surface area (Å²) in [6, 6.07) is 10.1. The molecule has 0 radical (unpaired) electrons. The highest BCUT2D eigenvalue weighted by Gasteiger charge is 2.21. The van der Waals surface area contributed by atoms with Gasteiger partial charge in [-0.25, -0.2) is 17.5 Å². The summed E-state index contributed by atoms with van der Waals surface area (Å²) in [5.74, 6) is 0.538. The van der Waals surface area contributed by atoms with E-state index in [0.717, 1.165) is 5.96 Å². The second kappa shape index (κ2) is 10.0. The quantitative estimate of drug-likeness (QED) is 0.392. The molecule has 0 spiro atoms. The van der Waals surface area contributed by atoms with Crippen molar-refractivity contribution in [3.63, 3.8) is 0 Å². The molecule has 10 heteroatoms. The third-order valence-corrected chi connectivity index (χ3v) is 7.39. The van der Waals surface area contributed by atoms with Crippen molar-refractivity contribution < 1.29 is 12.8 Å². The van der Waals surface area contributed by atoms with E-state index < -0.39 is 10.0 Å². The largest absolute Gasteiger partial charge is 0.366 e. The first kappa shape index (κ1) is 21.5. The summed E-state index contributed by atoms with van der Waals surface area (Å²) in [5, 5.41) is 4.98. The zero-order valence-corrected chi connectivity index (χ0v) is 18.0. The molecular formula is C19H26FN5O2S2. The van der Waals surface area contributed by atoms with E-state index in [1.54, 1.807) is 29.6 Å². The van der Waals surface area contributed by atoms with Crippen LogP contribution in [0.4, 0.5) is 10.1 Å². The van der Waals surface area contributed by atoms with Crippen molar-refractivity contribution in [2.24, 2.45) is 4.99 Å². The van der Waals surface area contributed by atoms with E-state index in [4.69, 9.17) is 0 Å². The van der Waals surface area contributed by atoms with Gasteiger partial charge in [0.2, 0.25) is 10.0 Å². The molecule has 1 saturated heterocycles. The van der Waals surface area contributed by atoms with Crippen molar-refractivity contribution in [1.82, 2.24) is 14.9 Å². The van der Waals surface area contributed by atoms with Gasteiger partial charge in [0, 0.05) is 39.3 Å². The zero-order chi connectivity index (χ0) is 20.7. The highest BCUT2D eigenvalue weighted by atomic mass is 32.2. The smallest absolute Gasteiger partial charge is 0.250 e. The summed E-state index contributed by atoms with van der Waals surface area (Å²) in [7, 11) is -3.47. The van der Waals surface area contributed by atoms with Gasteiger partial charge in [-0.05, 0) is 30.5 Å². The molecule has 0 unspecified atom stereocenters. The van der Waals surface area contributed by atoms with Crippen LogP contribution in [-0.2, 0) is 10.0 Å². The molecule has 2 heterocycles. The van der Waals surface area contributed by atoms with Crippen molar-refractivity contribution in [2.75, 3.05) is 50.7 Å². The van der Waals surface area contributed by atoms with Crippen LogP contribution in [0.2, 0.25) is 0 Å². The molecule has 1 aliphatic heterocycles. The summed E-state index contributed by atoms with van der Waals surface area (Å²) < 4.78 is 41.2. The third kappa shape index (κ3) is 5.68. The molecule has 1 aliphatic rings. The number of anilines is 1. The van der Waals surface area contributed by atoms with Gasteiger partial charge in [-0.15, -0.1) is 11.3 Å². The number of thiophene rings is 1. The summed E-state index contributed by atoms with van der Waals surface area (Å²) in [5.41, 5.74) is 0.622. The Bertz CT molecular complexity index is 910. The average molecular weight is 440 g/mol. The lowest BCUT2D eigenvalue weighted by molar-refractivity contribution is 0.371. The Hall–Kier alpha value is -2.17. The molecule has 7 nitrogen and oxygen atoms in total. The maximum Gasteiger partial charge on any atom is 0.250 e. The molecule has 29 heavy (non-hydrogen) atoms. The number of halogens is 1. The van der Waals surface area contributed by atoms with Crippen LogP contribution in [0.1, 0.15) is 6.92 Å². The fourth-order valence-corrected chi connectivity index (χ4v) is 5.18. The first-order chi connectivity index (χ1) is 14.0. The minimum absolute atomic E-state index is 0.209. The topological polar surface area (TPSA) is 77.0 Å². The monoisotopic (exact) mass is 439 g/mol. The molecule has 0 bridgehead atoms. The summed E-state index contributed by atoms with van der Waals surface area (Å²) in [4.78, 5) is 8.70. The Morgan fingerprint density at radius 3 is 2.59 bits per heavy atom. The molecule has 0 amide bonds. The fraction of sp³-hybridized carbons (Fsp3) is 0.421. The van der Waals surface area contributed by atoms with Crippen molar-refractivity contribution in [3.8, 4) is 0 Å².